The third-order valence-electron chi connectivity index (χ3n) is 9.29. The number of carbonyl (C=O) groups is 6. The van der Waals surface area contributed by atoms with Gasteiger partial charge in [0.15, 0.2) is 12.4 Å². The molecule has 0 aliphatic carbocycles. The minimum atomic E-state index is -1.13. The summed E-state index contributed by atoms with van der Waals surface area (Å²) < 4.78 is 7.59. The number of halogens is 1. The molecule has 53 heavy (non-hydrogen) atoms. The maximum Gasteiger partial charge on any atom is 0.266 e. The van der Waals surface area contributed by atoms with Gasteiger partial charge in [-0.05, 0) is 57.0 Å². The standard InChI is InChI=1S/C36H33ClN8O7S/c1-17-18(2)53-36-29(17)31(20-7-9-21(37)10-8-20)40-23(32-43-42-19(3)44(32)36)15-27(47)38-13-14-39-28(48)16-52-25-6-4-5-22-30(25)35(51)45(34(22)50)24-11-12-26(46)41-33(24)49/h4-10,23-24H,11-16H2,1-3H3,(H,38,47)(H,39,48)(H,41,46,49)/t23-,24?/m0/s1. The van der Waals surface area contributed by atoms with Crippen molar-refractivity contribution in [2.24, 2.45) is 4.99 Å². The van der Waals surface area contributed by atoms with Crippen LogP contribution in [0.2, 0.25) is 5.02 Å². The Balaban J connectivity index is 0.968. The van der Waals surface area contributed by atoms with E-state index >= 15 is 0 Å². The molecule has 6 amide bonds. The number of hydrogen-bond acceptors (Lipinski definition) is 11. The third-order valence-corrected chi connectivity index (χ3v) is 10.7. The van der Waals surface area contributed by atoms with Crippen LogP contribution >= 0.6 is 22.9 Å². The number of aliphatic imine (C=N–C) groups is 1. The first-order valence-corrected chi connectivity index (χ1v) is 18.0. The van der Waals surface area contributed by atoms with Gasteiger partial charge in [-0.3, -0.25) is 48.5 Å². The van der Waals surface area contributed by atoms with Crippen LogP contribution in [-0.4, -0.2) is 86.6 Å². The van der Waals surface area contributed by atoms with E-state index in [0.717, 1.165) is 37.2 Å². The van der Waals surface area contributed by atoms with Gasteiger partial charge in [0.1, 0.15) is 28.7 Å². The van der Waals surface area contributed by atoms with Gasteiger partial charge < -0.3 is 15.4 Å². The second kappa shape index (κ2) is 14.4. The van der Waals surface area contributed by atoms with Crippen molar-refractivity contribution in [2.75, 3.05) is 19.7 Å². The van der Waals surface area contributed by atoms with E-state index in [-0.39, 0.29) is 55.1 Å². The van der Waals surface area contributed by atoms with Gasteiger partial charge in [0.05, 0.1) is 23.3 Å². The average Bonchev–Trinajstić information content (AvgIpc) is 3.70. The number of piperidine rings is 1. The van der Waals surface area contributed by atoms with Crippen LogP contribution in [-0.2, 0) is 19.2 Å². The number of nitrogens with one attached hydrogen (secondary N) is 3. The largest absolute Gasteiger partial charge is 0.483 e. The maximum absolute atomic E-state index is 13.3. The van der Waals surface area contributed by atoms with Crippen LogP contribution in [0.4, 0.5) is 0 Å². The predicted molar refractivity (Wildman–Crippen MR) is 193 cm³/mol. The van der Waals surface area contributed by atoms with Crippen molar-refractivity contribution in [1.82, 2.24) is 35.6 Å². The molecule has 2 atom stereocenters. The number of nitrogens with zero attached hydrogens (tertiary/aromatic N) is 5. The Bertz CT molecular complexity index is 2250. The van der Waals surface area contributed by atoms with E-state index in [1.807, 2.05) is 30.5 Å². The van der Waals surface area contributed by atoms with Gasteiger partial charge in [0.2, 0.25) is 17.7 Å². The van der Waals surface area contributed by atoms with Crippen LogP contribution in [0.1, 0.15) is 79.2 Å². The van der Waals surface area contributed by atoms with Crippen molar-refractivity contribution in [3.63, 3.8) is 0 Å². The summed E-state index contributed by atoms with van der Waals surface area (Å²) in [6, 6.07) is 10.0. The molecule has 0 saturated carbocycles. The number of carbonyl (C=O) groups excluding carboxylic acids is 6. The Morgan fingerprint density at radius 1 is 0.962 bits per heavy atom. The van der Waals surface area contributed by atoms with Crippen molar-refractivity contribution in [2.45, 2.75) is 52.1 Å². The molecule has 3 N–H and O–H groups in total. The summed E-state index contributed by atoms with van der Waals surface area (Å²) in [4.78, 5) is 83.3. The van der Waals surface area contributed by atoms with E-state index in [1.165, 1.54) is 18.2 Å². The fourth-order valence-electron chi connectivity index (χ4n) is 6.58. The van der Waals surface area contributed by atoms with Crippen LogP contribution in [0.3, 0.4) is 0 Å². The number of thiophene rings is 1. The zero-order valence-corrected chi connectivity index (χ0v) is 30.4. The Morgan fingerprint density at radius 2 is 1.70 bits per heavy atom. The summed E-state index contributed by atoms with van der Waals surface area (Å²) in [7, 11) is 0. The molecule has 2 aromatic heterocycles. The molecule has 0 radical (unpaired) electrons. The number of aromatic nitrogens is 3. The van der Waals surface area contributed by atoms with Crippen LogP contribution < -0.4 is 20.7 Å². The highest BCUT2D eigenvalue weighted by Gasteiger charge is 2.46. The number of ether oxygens (including phenoxy) is 1. The number of fused-ring (bicyclic) bond motifs is 4. The lowest BCUT2D eigenvalue weighted by Gasteiger charge is -2.27. The van der Waals surface area contributed by atoms with Crippen molar-refractivity contribution in [1.29, 1.82) is 0 Å². The highest BCUT2D eigenvalue weighted by molar-refractivity contribution is 7.15. The Hall–Kier alpha value is -5.74. The van der Waals surface area contributed by atoms with Gasteiger partial charge in [0, 0.05) is 40.5 Å². The number of amides is 6. The summed E-state index contributed by atoms with van der Waals surface area (Å²) in [5.74, 6) is -2.25. The van der Waals surface area contributed by atoms with Crippen molar-refractivity contribution < 1.29 is 33.5 Å². The molecule has 2 aromatic carbocycles. The topological polar surface area (TPSA) is 194 Å². The second-order valence-corrected chi connectivity index (χ2v) is 14.4. The van der Waals surface area contributed by atoms with Crippen molar-refractivity contribution in [3.8, 4) is 10.8 Å². The Labute approximate surface area is 311 Å². The first-order chi connectivity index (χ1) is 25.4. The molecule has 0 bridgehead atoms. The normalized spacial score (nSPS) is 17.7. The average molecular weight is 757 g/mol. The minimum absolute atomic E-state index is 0.00354. The van der Waals surface area contributed by atoms with Crippen LogP contribution in [0.25, 0.3) is 5.00 Å². The molecule has 7 rings (SSSR count). The Kier molecular flexibility index (Phi) is 9.65. The fraction of sp³-hybridized carbons (Fsp3) is 0.306. The monoisotopic (exact) mass is 756 g/mol. The zero-order valence-electron chi connectivity index (χ0n) is 28.8. The number of hydrogen-bond donors (Lipinski definition) is 3. The van der Waals surface area contributed by atoms with Crippen molar-refractivity contribution >= 4 is 64.1 Å². The molecule has 5 heterocycles. The van der Waals surface area contributed by atoms with E-state index in [0.29, 0.717) is 16.7 Å². The summed E-state index contributed by atoms with van der Waals surface area (Å²) in [5, 5.41) is 17.9. The molecule has 3 aliphatic heterocycles. The van der Waals surface area contributed by atoms with Crippen LogP contribution in [0.5, 0.6) is 5.75 Å². The Morgan fingerprint density at radius 3 is 2.43 bits per heavy atom. The predicted octanol–water partition coefficient (Wildman–Crippen LogP) is 2.90. The summed E-state index contributed by atoms with van der Waals surface area (Å²) in [6.07, 6.45) is -0.0210. The molecule has 17 heteroatoms. The smallest absolute Gasteiger partial charge is 0.266 e. The first-order valence-electron chi connectivity index (χ1n) is 16.8. The fourth-order valence-corrected chi connectivity index (χ4v) is 7.92. The van der Waals surface area contributed by atoms with E-state index < -0.39 is 48.2 Å². The molecule has 15 nitrogen and oxygen atoms in total. The number of benzene rings is 2. The molecular formula is C36H33ClN8O7S. The number of rotatable bonds is 10. The molecule has 4 aromatic rings. The molecule has 1 unspecified atom stereocenters. The lowest BCUT2D eigenvalue weighted by atomic mass is 9.99. The quantitative estimate of drug-likeness (QED) is 0.161. The van der Waals surface area contributed by atoms with Gasteiger partial charge in [-0.1, -0.05) is 29.8 Å². The second-order valence-electron chi connectivity index (χ2n) is 12.7. The highest BCUT2D eigenvalue weighted by atomic mass is 35.5. The van der Waals surface area contributed by atoms with Crippen LogP contribution in [0, 0.1) is 20.8 Å². The van der Waals surface area contributed by atoms with E-state index in [9.17, 15) is 28.8 Å². The summed E-state index contributed by atoms with van der Waals surface area (Å²) >= 11 is 7.81. The molecule has 272 valence electrons. The minimum Gasteiger partial charge on any atom is -0.483 e. The van der Waals surface area contributed by atoms with E-state index in [1.54, 1.807) is 23.5 Å². The van der Waals surface area contributed by atoms with E-state index in [4.69, 9.17) is 21.3 Å². The van der Waals surface area contributed by atoms with Gasteiger partial charge in [0.25, 0.3) is 17.7 Å². The highest BCUT2D eigenvalue weighted by Crippen LogP contribution is 2.40. The number of aryl methyl sites for hydroxylation is 2. The van der Waals surface area contributed by atoms with Crippen LogP contribution in [0.15, 0.2) is 47.5 Å². The third kappa shape index (κ3) is 6.70. The molecular weight excluding hydrogens is 724 g/mol. The van der Waals surface area contributed by atoms with Gasteiger partial charge in [-0.2, -0.15) is 0 Å². The zero-order chi connectivity index (χ0) is 37.6. The van der Waals surface area contributed by atoms with E-state index in [2.05, 4.69) is 33.1 Å². The summed E-state index contributed by atoms with van der Waals surface area (Å²) in [5.41, 5.74) is 3.59. The van der Waals surface area contributed by atoms with Gasteiger partial charge in [-0.15, -0.1) is 21.5 Å². The van der Waals surface area contributed by atoms with Gasteiger partial charge >= 0.3 is 0 Å². The molecule has 0 spiro atoms. The first kappa shape index (κ1) is 35.7. The molecule has 1 fully saturated rings. The summed E-state index contributed by atoms with van der Waals surface area (Å²) in [6.45, 7) is 5.67. The lowest BCUT2D eigenvalue weighted by molar-refractivity contribution is -0.136. The maximum atomic E-state index is 13.3. The molecule has 1 saturated heterocycles. The van der Waals surface area contributed by atoms with Crippen molar-refractivity contribution in [3.05, 3.63) is 91.8 Å². The lowest BCUT2D eigenvalue weighted by Crippen LogP contribution is -2.54. The van der Waals surface area contributed by atoms with Gasteiger partial charge in [-0.25, -0.2) is 0 Å². The number of imide groups is 2. The molecule has 3 aliphatic rings. The SMILES string of the molecule is Cc1sc2c(c1C)C(c1ccc(Cl)cc1)=N[C@@H](CC(=O)NCCNC(=O)COc1cccc3c1C(=O)N(C1CCC(=O)NC1=O)C3=O)c1nnc(C)n1-2.